The summed E-state index contributed by atoms with van der Waals surface area (Å²) in [7, 11) is 0. The number of rotatable bonds is 47. The lowest BCUT2D eigenvalue weighted by atomic mass is 9.94. The second-order valence-corrected chi connectivity index (χ2v) is 20.3. The summed E-state index contributed by atoms with van der Waals surface area (Å²) < 4.78 is 16.8. The Bertz CT molecular complexity index is 978. The second-order valence-electron chi connectivity index (χ2n) is 20.3. The lowest BCUT2D eigenvalue weighted by Crippen LogP contribution is -2.38. The molecule has 1 amide bonds. The molecule has 0 aromatic heterocycles. The molecule has 0 atom stereocenters. The summed E-state index contributed by atoms with van der Waals surface area (Å²) >= 11 is 0. The van der Waals surface area contributed by atoms with Gasteiger partial charge in [-0.25, -0.2) is 4.79 Å². The molecule has 0 fully saturated rings. The normalized spacial score (nSPS) is 11.5. The number of nitrogens with zero attached hydrogens (tertiary/aromatic N) is 1. The predicted molar refractivity (Wildman–Crippen MR) is 280 cm³/mol. The van der Waals surface area contributed by atoms with Crippen LogP contribution >= 0.6 is 0 Å². The van der Waals surface area contributed by atoms with Gasteiger partial charge in [0.25, 0.3) is 0 Å². The highest BCUT2D eigenvalue weighted by Crippen LogP contribution is 2.21. The molecule has 388 valence electrons. The van der Waals surface area contributed by atoms with Crippen molar-refractivity contribution in [3.8, 4) is 0 Å². The first-order chi connectivity index (χ1) is 31.5. The van der Waals surface area contributed by atoms with Crippen molar-refractivity contribution in [2.45, 2.75) is 305 Å². The molecule has 0 aromatic rings. The summed E-state index contributed by atoms with van der Waals surface area (Å²) in [5.74, 6) is 0.0599. The minimum Gasteiger partial charge on any atom is -0.466 e. The number of carbonyl (C=O) groups excluding carboxylic acids is 3. The van der Waals surface area contributed by atoms with Crippen LogP contribution in [0.5, 0.6) is 0 Å². The summed E-state index contributed by atoms with van der Waals surface area (Å²) in [5.41, 5.74) is -0.512. The van der Waals surface area contributed by atoms with E-state index in [9.17, 15) is 14.4 Å². The third kappa shape index (κ3) is 53.0. The molecule has 0 bridgehead atoms. The summed E-state index contributed by atoms with van der Waals surface area (Å²) in [6, 6.07) is 0. The van der Waals surface area contributed by atoms with Crippen LogP contribution in [0.1, 0.15) is 299 Å². The van der Waals surface area contributed by atoms with Crippen LogP contribution < -0.4 is 5.32 Å². The van der Waals surface area contributed by atoms with Crippen LogP contribution in [0.15, 0.2) is 0 Å². The van der Waals surface area contributed by atoms with Gasteiger partial charge in [-0.1, -0.05) is 221 Å². The van der Waals surface area contributed by atoms with E-state index in [0.29, 0.717) is 26.2 Å². The van der Waals surface area contributed by atoms with Crippen LogP contribution in [-0.2, 0) is 23.8 Å². The van der Waals surface area contributed by atoms with Gasteiger partial charge in [0.15, 0.2) is 0 Å². The third-order valence-corrected chi connectivity index (χ3v) is 12.4. The fraction of sp³-hybridized carbons (Fsp3) is 0.947. The van der Waals surface area contributed by atoms with Gasteiger partial charge in [-0.2, -0.15) is 0 Å². The van der Waals surface area contributed by atoms with Crippen molar-refractivity contribution in [3.63, 3.8) is 0 Å². The fourth-order valence-corrected chi connectivity index (χ4v) is 8.25. The maximum atomic E-state index is 13.1. The van der Waals surface area contributed by atoms with Crippen LogP contribution in [0.3, 0.4) is 0 Å². The van der Waals surface area contributed by atoms with Gasteiger partial charge in [0.05, 0.1) is 19.1 Å². The quantitative estimate of drug-likeness (QED) is 0.0369. The predicted octanol–water partition coefficient (Wildman–Crippen LogP) is 17.4. The number of unbranched alkanes of at least 4 members (excludes halogenated alkanes) is 29. The molecule has 0 aliphatic heterocycles. The number of nitrogens with one attached hydrogen (secondary N) is 1. The molecule has 0 saturated heterocycles. The zero-order valence-corrected chi connectivity index (χ0v) is 45.1. The van der Waals surface area contributed by atoms with E-state index in [4.69, 9.17) is 14.2 Å². The molecule has 0 aliphatic rings. The van der Waals surface area contributed by atoms with Crippen LogP contribution in [0.4, 0.5) is 4.79 Å². The number of amides is 1. The van der Waals surface area contributed by atoms with Crippen molar-refractivity contribution < 1.29 is 28.6 Å². The minimum absolute atomic E-state index is 0.0417. The van der Waals surface area contributed by atoms with E-state index in [1.165, 1.54) is 148 Å². The number of hydrogen-bond donors (Lipinski definition) is 1. The standard InChI is InChI=1S/C49H96N2O6.C8H18/c1-7-10-13-16-19-20-21-25-31-38-46(52)55-43-35-28-33-41-51(42-39-50-48(54)57-49(4,5)6)40-32-26-22-27-34-44-56-47(53)45(36-29-23-17-14-11-8-2)37-30-24-18-15-12-9-3;1-3-5-7-8-6-4-2/h45H,7-44H2,1-6H3,(H,50,54);3-8H2,1-2H3. The number of hydrogen-bond acceptors (Lipinski definition) is 7. The van der Waals surface area contributed by atoms with Crippen LogP contribution in [-0.4, -0.2) is 67.9 Å². The molecule has 8 heteroatoms. The highest BCUT2D eigenvalue weighted by molar-refractivity contribution is 5.72. The first-order valence-corrected chi connectivity index (χ1v) is 28.6. The molecule has 0 rings (SSSR count). The van der Waals surface area contributed by atoms with Crippen molar-refractivity contribution in [1.29, 1.82) is 0 Å². The average Bonchev–Trinajstić information content (AvgIpc) is 3.27. The molecule has 8 nitrogen and oxygen atoms in total. The Kier molecular flexibility index (Phi) is 51.8. The van der Waals surface area contributed by atoms with Gasteiger partial charge in [0, 0.05) is 19.5 Å². The highest BCUT2D eigenvalue weighted by atomic mass is 16.6. The molecule has 1 N–H and O–H groups in total. The van der Waals surface area contributed by atoms with E-state index >= 15 is 0 Å². The van der Waals surface area contributed by atoms with E-state index in [-0.39, 0.29) is 23.9 Å². The molecular formula is C57H114N2O6. The Balaban J connectivity index is 0. The van der Waals surface area contributed by atoms with Gasteiger partial charge in [-0.3, -0.25) is 9.59 Å². The molecule has 0 radical (unpaired) electrons. The number of esters is 2. The van der Waals surface area contributed by atoms with Crippen molar-refractivity contribution >= 4 is 18.0 Å². The molecular weight excluding hydrogens is 809 g/mol. The van der Waals surface area contributed by atoms with Gasteiger partial charge < -0.3 is 24.4 Å². The summed E-state index contributed by atoms with van der Waals surface area (Å²) in [6.07, 6.45) is 45.2. The smallest absolute Gasteiger partial charge is 0.407 e. The Morgan fingerprint density at radius 1 is 0.431 bits per heavy atom. The molecule has 0 saturated carbocycles. The van der Waals surface area contributed by atoms with E-state index in [1.807, 2.05) is 20.8 Å². The second kappa shape index (κ2) is 51.6. The van der Waals surface area contributed by atoms with Gasteiger partial charge in [-0.15, -0.1) is 0 Å². The van der Waals surface area contributed by atoms with E-state index in [2.05, 4.69) is 44.8 Å². The van der Waals surface area contributed by atoms with Crippen LogP contribution in [0.2, 0.25) is 0 Å². The van der Waals surface area contributed by atoms with Crippen LogP contribution in [0.25, 0.3) is 0 Å². The topological polar surface area (TPSA) is 94.2 Å². The summed E-state index contributed by atoms with van der Waals surface area (Å²) in [6.45, 7) is 21.2. The number of alkyl carbamates (subject to hydrolysis) is 1. The van der Waals surface area contributed by atoms with Crippen molar-refractivity contribution in [2.75, 3.05) is 39.4 Å². The molecule has 0 heterocycles. The Morgan fingerprint density at radius 3 is 1.22 bits per heavy atom. The summed E-state index contributed by atoms with van der Waals surface area (Å²) in [5, 5.41) is 2.91. The maximum Gasteiger partial charge on any atom is 0.407 e. The SMILES string of the molecule is CCCCCCCC.CCCCCCCCCCCC(=O)OCCCCCN(CCCCCCCOC(=O)C(CCCCCCCC)CCCCCCCC)CCNC(=O)OC(C)(C)C. The lowest BCUT2D eigenvalue weighted by molar-refractivity contribution is -0.149. The van der Waals surface area contributed by atoms with E-state index < -0.39 is 5.60 Å². The molecule has 0 aromatic carbocycles. The zero-order valence-electron chi connectivity index (χ0n) is 45.1. The first kappa shape index (κ1) is 65.3. The molecule has 0 spiro atoms. The van der Waals surface area contributed by atoms with Crippen molar-refractivity contribution in [1.82, 2.24) is 10.2 Å². The molecule has 65 heavy (non-hydrogen) atoms. The Labute approximate surface area is 405 Å². The van der Waals surface area contributed by atoms with Crippen molar-refractivity contribution in [3.05, 3.63) is 0 Å². The Hall–Kier alpha value is -1.83. The first-order valence-electron chi connectivity index (χ1n) is 28.6. The highest BCUT2D eigenvalue weighted by Gasteiger charge is 2.20. The minimum atomic E-state index is -0.512. The maximum absolute atomic E-state index is 13.1. The zero-order chi connectivity index (χ0) is 48.3. The van der Waals surface area contributed by atoms with Gasteiger partial charge in [0.2, 0.25) is 0 Å². The van der Waals surface area contributed by atoms with Gasteiger partial charge in [0.1, 0.15) is 5.60 Å². The van der Waals surface area contributed by atoms with Gasteiger partial charge >= 0.3 is 18.0 Å². The summed E-state index contributed by atoms with van der Waals surface area (Å²) in [4.78, 5) is 39.9. The third-order valence-electron chi connectivity index (χ3n) is 12.4. The molecule has 0 unspecified atom stereocenters. The largest absolute Gasteiger partial charge is 0.466 e. The monoisotopic (exact) mass is 923 g/mol. The molecule has 0 aliphatic carbocycles. The number of carbonyl (C=O) groups is 3. The van der Waals surface area contributed by atoms with Crippen molar-refractivity contribution in [2.24, 2.45) is 5.92 Å². The lowest BCUT2D eigenvalue weighted by Gasteiger charge is -2.24. The number of ether oxygens (including phenoxy) is 3. The van der Waals surface area contributed by atoms with Gasteiger partial charge in [-0.05, 0) is 85.2 Å². The van der Waals surface area contributed by atoms with E-state index in [1.54, 1.807) is 0 Å². The van der Waals surface area contributed by atoms with E-state index in [0.717, 1.165) is 110 Å². The fourth-order valence-electron chi connectivity index (χ4n) is 8.25. The average molecular weight is 924 g/mol. The van der Waals surface area contributed by atoms with Crippen LogP contribution in [0, 0.1) is 5.92 Å². The Morgan fingerprint density at radius 2 is 0.785 bits per heavy atom.